The molecular formula is C16H17AsBrNO8. The number of hydrogen-bond acceptors (Lipinski definition) is 5. The van der Waals surface area contributed by atoms with Gasteiger partial charge in [-0.2, -0.15) is 0 Å². The van der Waals surface area contributed by atoms with Crippen molar-refractivity contribution < 1.29 is 36.5 Å². The number of ether oxygens (including phenoxy) is 1. The number of halogens is 1. The maximum Gasteiger partial charge on any atom is 0.339 e. The van der Waals surface area contributed by atoms with Gasteiger partial charge in [0.25, 0.3) is 0 Å². The van der Waals surface area contributed by atoms with Crippen LogP contribution in [-0.4, -0.2) is 51.6 Å². The van der Waals surface area contributed by atoms with Gasteiger partial charge in [0.2, 0.25) is 0 Å². The van der Waals surface area contributed by atoms with E-state index in [0.717, 1.165) is 16.6 Å². The standard InChI is InChI=1S/C8H10AsNO5.C8H7BrO3/c1-5(11)10-6-2-3-7(8(12)4-6)9(13,14)15;1-12-7-3-2-5(9)4-6(7)8(10)11/h2-4,12H,1H3,(H,10,11)(H2,13,14,15);2-4H,1H3,(H,10,11). The number of carboxylic acids is 1. The van der Waals surface area contributed by atoms with E-state index >= 15 is 0 Å². The van der Waals surface area contributed by atoms with Crippen molar-refractivity contribution in [2.75, 3.05) is 12.4 Å². The number of carboxylic acid groups (broad SMARTS) is 1. The van der Waals surface area contributed by atoms with Gasteiger partial charge in [-0.25, -0.2) is 4.79 Å². The number of aromatic carboxylic acids is 1. The molecule has 2 rings (SSSR count). The molecule has 0 saturated heterocycles. The van der Waals surface area contributed by atoms with E-state index in [0.29, 0.717) is 5.75 Å². The van der Waals surface area contributed by atoms with E-state index in [9.17, 15) is 18.4 Å². The predicted molar refractivity (Wildman–Crippen MR) is 101 cm³/mol. The number of benzene rings is 2. The molecule has 5 N–H and O–H groups in total. The van der Waals surface area contributed by atoms with E-state index < -0.39 is 30.2 Å². The number of aromatic hydroxyl groups is 1. The van der Waals surface area contributed by atoms with Crippen LogP contribution in [0.3, 0.4) is 0 Å². The molecule has 0 aliphatic rings. The molecule has 0 heterocycles. The van der Waals surface area contributed by atoms with Crippen LogP contribution in [0, 0.1) is 0 Å². The number of carbonyl (C=O) groups excluding carboxylic acids is 1. The molecule has 0 atom stereocenters. The van der Waals surface area contributed by atoms with Crippen LogP contribution in [0.2, 0.25) is 0 Å². The minimum Gasteiger partial charge on any atom is -0.496 e. The van der Waals surface area contributed by atoms with Crippen molar-refractivity contribution >= 4 is 52.0 Å². The molecule has 2 aromatic rings. The van der Waals surface area contributed by atoms with Crippen molar-refractivity contribution in [2.24, 2.45) is 0 Å². The molecule has 0 radical (unpaired) electrons. The molecule has 0 bridgehead atoms. The summed E-state index contributed by atoms with van der Waals surface area (Å²) in [4.78, 5) is 21.3. The summed E-state index contributed by atoms with van der Waals surface area (Å²) < 4.78 is 33.8. The maximum atomic E-state index is 10.9. The normalized spacial score (nSPS) is 10.4. The summed E-state index contributed by atoms with van der Waals surface area (Å²) in [5.41, 5.74) is 0.444. The Morgan fingerprint density at radius 3 is 2.22 bits per heavy atom. The summed E-state index contributed by atoms with van der Waals surface area (Å²) in [7, 11) is 1.44. The topological polar surface area (TPSA) is 153 Å². The number of phenols is 1. The second kappa shape index (κ2) is 9.61. The third-order valence-electron chi connectivity index (χ3n) is 3.00. The second-order valence-corrected chi connectivity index (χ2v) is 9.29. The van der Waals surface area contributed by atoms with Crippen LogP contribution in [0.5, 0.6) is 11.5 Å². The minimum atomic E-state index is -5.09. The largest absolute Gasteiger partial charge is 0.496 e. The van der Waals surface area contributed by atoms with Gasteiger partial charge in [0, 0.05) is 4.47 Å². The van der Waals surface area contributed by atoms with E-state index in [1.54, 1.807) is 12.1 Å². The van der Waals surface area contributed by atoms with Crippen LogP contribution in [-0.2, 0) is 8.53 Å². The number of anilines is 1. The van der Waals surface area contributed by atoms with Crippen molar-refractivity contribution in [1.82, 2.24) is 0 Å². The Kier molecular flexibility index (Phi) is 8.11. The average molecular weight is 506 g/mol. The van der Waals surface area contributed by atoms with Crippen LogP contribution in [0.15, 0.2) is 40.9 Å². The van der Waals surface area contributed by atoms with Crippen molar-refractivity contribution in [1.29, 1.82) is 0 Å². The maximum absolute atomic E-state index is 10.9. The molecule has 1 amide bonds. The zero-order chi connectivity index (χ0) is 20.8. The fourth-order valence-electron chi connectivity index (χ4n) is 1.90. The molecule has 0 fully saturated rings. The smallest absolute Gasteiger partial charge is 0.339 e. The molecule has 0 aliphatic heterocycles. The van der Waals surface area contributed by atoms with E-state index in [4.69, 9.17) is 18.0 Å². The number of amides is 1. The van der Waals surface area contributed by atoms with E-state index in [1.165, 1.54) is 26.2 Å². The van der Waals surface area contributed by atoms with Crippen LogP contribution < -0.4 is 14.4 Å². The fourth-order valence-corrected chi connectivity index (χ4v) is 3.58. The van der Waals surface area contributed by atoms with Gasteiger partial charge in [0.05, 0.1) is 7.11 Å². The van der Waals surface area contributed by atoms with Crippen molar-refractivity contribution in [3.8, 4) is 11.5 Å². The monoisotopic (exact) mass is 505 g/mol. The Morgan fingerprint density at radius 2 is 1.78 bits per heavy atom. The summed E-state index contributed by atoms with van der Waals surface area (Å²) in [6.07, 6.45) is 0. The third-order valence-corrected chi connectivity index (χ3v) is 5.61. The molecule has 0 spiro atoms. The zero-order valence-electron chi connectivity index (χ0n) is 14.2. The first-order valence-electron chi connectivity index (χ1n) is 7.19. The van der Waals surface area contributed by atoms with E-state index in [2.05, 4.69) is 21.2 Å². The Morgan fingerprint density at radius 1 is 1.15 bits per heavy atom. The third kappa shape index (κ3) is 7.10. The summed E-state index contributed by atoms with van der Waals surface area (Å²) in [6, 6.07) is 8.34. The number of hydrogen-bond donors (Lipinski definition) is 5. The number of phenolic OH excluding ortho intramolecular Hbond substituents is 1. The predicted octanol–water partition coefficient (Wildman–Crippen LogP) is 1.07. The number of carbonyl (C=O) groups is 2. The second-order valence-electron chi connectivity index (χ2n) is 5.08. The summed E-state index contributed by atoms with van der Waals surface area (Å²) >= 11 is -1.91. The SMILES string of the molecule is CC(=O)Nc1ccc([As](=O)(O)O)c(O)c1.COc1ccc(Br)cc1C(=O)O. The molecule has 11 heteroatoms. The van der Waals surface area contributed by atoms with Gasteiger partial charge in [-0.1, -0.05) is 15.9 Å². The molecule has 0 aromatic heterocycles. The molecule has 9 nitrogen and oxygen atoms in total. The van der Waals surface area contributed by atoms with Gasteiger partial charge in [-0.15, -0.1) is 0 Å². The Hall–Kier alpha value is -2.26. The number of nitrogens with one attached hydrogen (secondary N) is 1. The van der Waals surface area contributed by atoms with Gasteiger partial charge in [0.15, 0.2) is 0 Å². The van der Waals surface area contributed by atoms with Crippen molar-refractivity contribution in [2.45, 2.75) is 6.92 Å². The molecule has 2 aromatic carbocycles. The molecule has 27 heavy (non-hydrogen) atoms. The van der Waals surface area contributed by atoms with Crippen LogP contribution in [0.4, 0.5) is 5.69 Å². The van der Waals surface area contributed by atoms with Crippen LogP contribution in [0.1, 0.15) is 17.3 Å². The van der Waals surface area contributed by atoms with Crippen molar-refractivity contribution in [3.05, 3.63) is 46.4 Å². The van der Waals surface area contributed by atoms with Gasteiger partial charge in [0.1, 0.15) is 11.3 Å². The van der Waals surface area contributed by atoms with Crippen LogP contribution in [0.25, 0.3) is 0 Å². The van der Waals surface area contributed by atoms with Gasteiger partial charge < -0.3 is 9.84 Å². The average Bonchev–Trinajstić information content (AvgIpc) is 2.53. The Labute approximate surface area is 165 Å². The fraction of sp³-hybridized carbons (Fsp3) is 0.125. The number of methoxy groups -OCH3 is 1. The Balaban J connectivity index is 0.000000277. The Bertz CT molecular complexity index is 896. The van der Waals surface area contributed by atoms with E-state index in [-0.39, 0.29) is 17.2 Å². The van der Waals surface area contributed by atoms with Crippen LogP contribution >= 0.6 is 15.9 Å². The number of rotatable bonds is 4. The minimum absolute atomic E-state index is 0.159. The summed E-state index contributed by atoms with van der Waals surface area (Å²) in [5, 5.41) is 20.4. The quantitative estimate of drug-likeness (QED) is 0.386. The molecule has 146 valence electrons. The molecule has 0 saturated carbocycles. The van der Waals surface area contributed by atoms with Crippen molar-refractivity contribution in [3.63, 3.8) is 0 Å². The zero-order valence-corrected chi connectivity index (χ0v) is 17.7. The van der Waals surface area contributed by atoms with E-state index in [1.807, 2.05) is 0 Å². The summed E-state index contributed by atoms with van der Waals surface area (Å²) in [6.45, 7) is 1.29. The van der Waals surface area contributed by atoms with Gasteiger partial charge in [-0.05, 0) is 18.2 Å². The molecule has 0 aliphatic carbocycles. The molecular weight excluding hydrogens is 489 g/mol. The van der Waals surface area contributed by atoms with Gasteiger partial charge in [-0.3, -0.25) is 0 Å². The molecule has 0 unspecified atom stereocenters. The van der Waals surface area contributed by atoms with Gasteiger partial charge >= 0.3 is 94.1 Å². The first-order valence-corrected chi connectivity index (χ1v) is 11.4. The summed E-state index contributed by atoms with van der Waals surface area (Å²) in [5.74, 6) is -1.48. The first kappa shape index (κ1) is 22.8. The first-order chi connectivity index (χ1) is 12.5.